The molecule has 0 bridgehead atoms. The van der Waals surface area contributed by atoms with E-state index in [1.54, 1.807) is 60.7 Å². The van der Waals surface area contributed by atoms with Gasteiger partial charge >= 0.3 is 18.1 Å². The minimum Gasteiger partial charge on any atom is -0.497 e. The third kappa shape index (κ3) is 12.8. The number of carboxylic acids is 2. The summed E-state index contributed by atoms with van der Waals surface area (Å²) in [5.74, 6) is -1.33. The maximum atomic E-state index is 12.8. The molecule has 0 aliphatic carbocycles. The van der Waals surface area contributed by atoms with Gasteiger partial charge in [0, 0.05) is 17.4 Å². The van der Waals surface area contributed by atoms with E-state index in [-0.39, 0.29) is 27.5 Å². The van der Waals surface area contributed by atoms with Gasteiger partial charge in [0.1, 0.15) is 16.4 Å². The van der Waals surface area contributed by atoms with Crippen molar-refractivity contribution in [1.29, 1.82) is 0 Å². The number of carboxylic acid groups (broad SMARTS) is 2. The molecule has 6 aromatic rings. The second-order valence-electron chi connectivity index (χ2n) is 13.7. The van der Waals surface area contributed by atoms with Crippen LogP contribution in [-0.2, 0) is 51.9 Å². The molecule has 62 heavy (non-hydrogen) atoms. The third-order valence-corrected chi connectivity index (χ3v) is 12.1. The molecule has 0 aliphatic heterocycles. The van der Waals surface area contributed by atoms with Crippen LogP contribution in [-0.4, -0.2) is 53.2 Å². The highest BCUT2D eigenvalue weighted by molar-refractivity contribution is 7.93. The molecular weight excluding hydrogens is 850 g/mol. The Kier molecular flexibility index (Phi) is 15.0. The standard InChI is InChI=1S/C23H23NO6S.C22H18F3NO4S/c1-29-20-12-13-21(30-2)22(15-20)31(27,28)24-19-10-8-16(9-11-19)6-7-17-4-3-5-18(14-17)23(25)26;23-22(24,25)18-5-2-6-20(14-18)31(29,30)26-19-11-9-15(10-12-19)7-8-16-3-1-4-17(13-16)21(27)28/h3-5,8-15,24H,6-7H2,1-2H3,(H,25,26);1-6,9-14,26H,7-8H2,(H,27,28). The van der Waals surface area contributed by atoms with Crippen molar-refractivity contribution >= 4 is 43.4 Å². The van der Waals surface area contributed by atoms with Crippen molar-refractivity contribution in [2.75, 3.05) is 23.7 Å². The van der Waals surface area contributed by atoms with Gasteiger partial charge in [-0.2, -0.15) is 13.2 Å². The van der Waals surface area contributed by atoms with E-state index in [2.05, 4.69) is 9.44 Å². The molecule has 0 unspecified atom stereocenters. The number of carbonyl (C=O) groups is 2. The van der Waals surface area contributed by atoms with Crippen molar-refractivity contribution in [3.05, 3.63) is 178 Å². The summed E-state index contributed by atoms with van der Waals surface area (Å²) in [6.45, 7) is 0. The maximum Gasteiger partial charge on any atom is 0.416 e. The highest BCUT2D eigenvalue weighted by Gasteiger charge is 2.31. The molecule has 0 spiro atoms. The number of rotatable bonds is 16. The van der Waals surface area contributed by atoms with Crippen molar-refractivity contribution in [3.63, 3.8) is 0 Å². The molecule has 0 saturated heterocycles. The van der Waals surface area contributed by atoms with Gasteiger partial charge in [0.15, 0.2) is 0 Å². The zero-order chi connectivity index (χ0) is 45.1. The van der Waals surface area contributed by atoms with Crippen LogP contribution in [0, 0.1) is 0 Å². The molecule has 17 heteroatoms. The Balaban J connectivity index is 0.000000234. The summed E-state index contributed by atoms with van der Waals surface area (Å²) in [5.41, 5.74) is 3.73. The number of sulfonamides is 2. The van der Waals surface area contributed by atoms with E-state index in [1.807, 2.05) is 24.3 Å². The van der Waals surface area contributed by atoms with Crippen molar-refractivity contribution in [2.24, 2.45) is 0 Å². The van der Waals surface area contributed by atoms with Gasteiger partial charge in [0.05, 0.1) is 35.8 Å². The predicted molar refractivity (Wildman–Crippen MR) is 227 cm³/mol. The van der Waals surface area contributed by atoms with Gasteiger partial charge in [-0.3, -0.25) is 9.44 Å². The molecule has 6 aromatic carbocycles. The number of ether oxygens (including phenoxy) is 2. The summed E-state index contributed by atoms with van der Waals surface area (Å²) < 4.78 is 104. The van der Waals surface area contributed by atoms with E-state index in [4.69, 9.17) is 19.7 Å². The molecule has 0 fully saturated rings. The van der Waals surface area contributed by atoms with Gasteiger partial charge in [0.2, 0.25) is 0 Å². The van der Waals surface area contributed by atoms with Crippen molar-refractivity contribution in [1.82, 2.24) is 0 Å². The monoisotopic (exact) mass is 890 g/mol. The van der Waals surface area contributed by atoms with Crippen LogP contribution < -0.4 is 18.9 Å². The Morgan fingerprint density at radius 2 is 1.02 bits per heavy atom. The highest BCUT2D eigenvalue weighted by atomic mass is 32.2. The Labute approximate surface area is 356 Å². The number of aromatic carboxylic acids is 2. The number of nitrogens with one attached hydrogen (secondary N) is 2. The number of hydrogen-bond donors (Lipinski definition) is 4. The Bertz CT molecular complexity index is 2750. The van der Waals surface area contributed by atoms with Crippen LogP contribution in [0.25, 0.3) is 0 Å². The van der Waals surface area contributed by atoms with Crippen LogP contribution in [0.3, 0.4) is 0 Å². The fourth-order valence-electron chi connectivity index (χ4n) is 6.03. The van der Waals surface area contributed by atoms with Crippen molar-refractivity contribution in [3.8, 4) is 11.5 Å². The number of halogens is 3. The maximum absolute atomic E-state index is 12.8. The van der Waals surface area contributed by atoms with Gasteiger partial charge in [-0.05, 0) is 127 Å². The van der Waals surface area contributed by atoms with E-state index in [0.717, 1.165) is 40.5 Å². The molecular formula is C45H41F3N2O10S2. The summed E-state index contributed by atoms with van der Waals surface area (Å²) in [7, 11) is -5.20. The van der Waals surface area contributed by atoms with Crippen LogP contribution in [0.1, 0.15) is 48.5 Å². The lowest BCUT2D eigenvalue weighted by Crippen LogP contribution is -2.14. The summed E-state index contributed by atoms with van der Waals surface area (Å²) >= 11 is 0. The van der Waals surface area contributed by atoms with Crippen LogP contribution in [0.15, 0.2) is 149 Å². The van der Waals surface area contributed by atoms with Gasteiger partial charge < -0.3 is 19.7 Å². The lowest BCUT2D eigenvalue weighted by Gasteiger charge is -2.13. The average Bonchev–Trinajstić information content (AvgIpc) is 3.25. The molecule has 12 nitrogen and oxygen atoms in total. The number of benzene rings is 6. The molecule has 4 N–H and O–H groups in total. The van der Waals surface area contributed by atoms with Crippen LogP contribution >= 0.6 is 0 Å². The van der Waals surface area contributed by atoms with E-state index >= 15 is 0 Å². The summed E-state index contributed by atoms with van der Waals surface area (Å²) in [5, 5.41) is 18.1. The van der Waals surface area contributed by atoms with Gasteiger partial charge in [-0.1, -0.05) is 54.6 Å². The molecule has 0 amide bonds. The van der Waals surface area contributed by atoms with Crippen molar-refractivity contribution < 1.29 is 59.3 Å². The average molecular weight is 891 g/mol. The fourth-order valence-corrected chi connectivity index (χ4v) is 8.38. The molecule has 0 heterocycles. The van der Waals surface area contributed by atoms with Gasteiger partial charge in [-0.25, -0.2) is 26.4 Å². The second kappa shape index (κ2) is 20.1. The van der Waals surface area contributed by atoms with Crippen molar-refractivity contribution in [2.45, 2.75) is 41.7 Å². The number of methoxy groups -OCH3 is 2. The Hall–Kier alpha value is -6.85. The van der Waals surface area contributed by atoms with E-state index in [0.29, 0.717) is 43.2 Å². The zero-order valence-electron chi connectivity index (χ0n) is 33.2. The normalized spacial score (nSPS) is 11.4. The number of alkyl halides is 3. The first-order valence-electron chi connectivity index (χ1n) is 18.6. The largest absolute Gasteiger partial charge is 0.497 e. The molecule has 0 aromatic heterocycles. The summed E-state index contributed by atoms with van der Waals surface area (Å²) in [6, 6.07) is 35.0. The molecule has 6 rings (SSSR count). The minimum atomic E-state index is -4.64. The lowest BCUT2D eigenvalue weighted by atomic mass is 10.0. The van der Waals surface area contributed by atoms with Crippen LogP contribution in [0.2, 0.25) is 0 Å². The topological polar surface area (TPSA) is 185 Å². The number of hydrogen-bond acceptors (Lipinski definition) is 8. The smallest absolute Gasteiger partial charge is 0.416 e. The second-order valence-corrected chi connectivity index (χ2v) is 17.0. The van der Waals surface area contributed by atoms with Gasteiger partial charge in [-0.15, -0.1) is 0 Å². The first-order valence-corrected chi connectivity index (χ1v) is 21.6. The van der Waals surface area contributed by atoms with E-state index in [9.17, 15) is 39.6 Å². The molecule has 0 saturated carbocycles. The Morgan fingerprint density at radius 3 is 1.47 bits per heavy atom. The molecule has 324 valence electrons. The van der Waals surface area contributed by atoms with Crippen LogP contribution in [0.5, 0.6) is 11.5 Å². The Morgan fingerprint density at radius 1 is 0.548 bits per heavy atom. The first-order chi connectivity index (χ1) is 29.4. The van der Waals surface area contributed by atoms with E-state index < -0.39 is 48.6 Å². The number of anilines is 2. The van der Waals surface area contributed by atoms with Gasteiger partial charge in [0.25, 0.3) is 20.0 Å². The zero-order valence-corrected chi connectivity index (χ0v) is 34.9. The SMILES string of the molecule is COc1ccc(OC)c(S(=O)(=O)Nc2ccc(CCc3cccc(C(=O)O)c3)cc2)c1.O=C(O)c1cccc(CCc2ccc(NS(=O)(=O)c3cccc(C(F)(F)F)c3)cc2)c1. The third-order valence-electron chi connectivity index (χ3n) is 9.30. The summed E-state index contributed by atoms with van der Waals surface area (Å²) in [6.07, 6.45) is -2.08. The quantitative estimate of drug-likeness (QED) is 0.0731. The van der Waals surface area contributed by atoms with E-state index in [1.165, 1.54) is 44.6 Å². The number of aryl methyl sites for hydroxylation is 4. The highest BCUT2D eigenvalue weighted by Crippen LogP contribution is 2.32. The molecule has 0 atom stereocenters. The molecule has 0 aliphatic rings. The molecule has 0 radical (unpaired) electrons. The first kappa shape index (κ1) is 46.2. The van der Waals surface area contributed by atoms with Crippen LogP contribution in [0.4, 0.5) is 24.5 Å². The summed E-state index contributed by atoms with van der Waals surface area (Å²) in [4.78, 5) is 21.6. The predicted octanol–water partition coefficient (Wildman–Crippen LogP) is 8.98. The lowest BCUT2D eigenvalue weighted by molar-refractivity contribution is -0.137. The fraction of sp³-hybridized carbons (Fsp3) is 0.156. The minimum absolute atomic E-state index is 0.0169.